The van der Waals surface area contributed by atoms with Gasteiger partial charge in [-0.05, 0) is 63.7 Å². The van der Waals surface area contributed by atoms with Crippen LogP contribution < -0.4 is 10.8 Å². The number of amidine groups is 1. The van der Waals surface area contributed by atoms with Crippen molar-refractivity contribution in [2.45, 2.75) is 18.8 Å². The van der Waals surface area contributed by atoms with Crippen LogP contribution in [0.5, 0.6) is 0 Å². The standard InChI is InChI=1S/C29H21F2N3O4/c30-19-7-10-20(25(31)13-19)17-5-8-21-23(11-17)27-24-12-18(6-9-22(24)26(21)38-27)29(35)32-14-15-1-3-16(4-2-15)28(33-36)34-37/h1-13,26-27,36-37H,14H2,(H,32,35)(H,33,34)/t26-,27+/m0/s1. The van der Waals surface area contributed by atoms with Crippen LogP contribution in [0.2, 0.25) is 0 Å². The number of carbonyl (C=O) groups is 1. The summed E-state index contributed by atoms with van der Waals surface area (Å²) in [5.41, 5.74) is 8.31. The first-order chi connectivity index (χ1) is 18.5. The number of halogens is 2. The second kappa shape index (κ2) is 9.37. The van der Waals surface area contributed by atoms with E-state index in [1.165, 1.54) is 12.1 Å². The van der Waals surface area contributed by atoms with Gasteiger partial charge in [0.05, 0.1) is 0 Å². The number of rotatable bonds is 5. The predicted molar refractivity (Wildman–Crippen MR) is 134 cm³/mol. The molecule has 2 aliphatic rings. The zero-order valence-corrected chi connectivity index (χ0v) is 19.8. The normalized spacial score (nSPS) is 17.2. The van der Waals surface area contributed by atoms with Gasteiger partial charge in [0.25, 0.3) is 5.91 Å². The summed E-state index contributed by atoms with van der Waals surface area (Å²) in [7, 11) is 0. The molecule has 190 valence electrons. The van der Waals surface area contributed by atoms with Crippen molar-refractivity contribution in [1.82, 2.24) is 10.8 Å². The van der Waals surface area contributed by atoms with Crippen molar-refractivity contribution in [2.24, 2.45) is 5.16 Å². The van der Waals surface area contributed by atoms with Crippen LogP contribution in [-0.2, 0) is 11.3 Å². The number of hydrogen-bond donors (Lipinski definition) is 4. The molecule has 0 saturated heterocycles. The molecule has 4 aromatic carbocycles. The maximum Gasteiger partial charge on any atom is 0.251 e. The van der Waals surface area contributed by atoms with Crippen molar-refractivity contribution in [3.8, 4) is 11.1 Å². The lowest BCUT2D eigenvalue weighted by molar-refractivity contribution is 0.0857. The van der Waals surface area contributed by atoms with Crippen molar-refractivity contribution >= 4 is 11.7 Å². The molecule has 0 aromatic heterocycles. The lowest BCUT2D eigenvalue weighted by Crippen LogP contribution is -2.23. The van der Waals surface area contributed by atoms with Crippen LogP contribution in [0.15, 0.2) is 84.0 Å². The number of carbonyl (C=O) groups excluding carboxylic acids is 1. The smallest absolute Gasteiger partial charge is 0.251 e. The van der Waals surface area contributed by atoms with Gasteiger partial charge in [0.2, 0.25) is 0 Å². The van der Waals surface area contributed by atoms with Gasteiger partial charge in [0, 0.05) is 29.3 Å². The Bertz CT molecular complexity index is 1600. The number of nitrogens with zero attached hydrogens (tertiary/aromatic N) is 1. The summed E-state index contributed by atoms with van der Waals surface area (Å²) in [6.45, 7) is 0.270. The first-order valence-electron chi connectivity index (χ1n) is 11.8. The zero-order valence-electron chi connectivity index (χ0n) is 19.8. The van der Waals surface area contributed by atoms with Gasteiger partial charge in [0.15, 0.2) is 5.84 Å². The van der Waals surface area contributed by atoms with Crippen molar-refractivity contribution in [2.75, 3.05) is 0 Å². The monoisotopic (exact) mass is 513 g/mol. The van der Waals surface area contributed by atoms with E-state index < -0.39 is 11.6 Å². The molecule has 0 fully saturated rings. The number of amides is 1. The van der Waals surface area contributed by atoms with Crippen molar-refractivity contribution < 1.29 is 28.7 Å². The molecule has 0 spiro atoms. The van der Waals surface area contributed by atoms with Gasteiger partial charge in [0.1, 0.15) is 23.8 Å². The van der Waals surface area contributed by atoms with Gasteiger partial charge in [-0.25, -0.2) is 14.3 Å². The molecule has 2 heterocycles. The first kappa shape index (κ1) is 23.8. The number of fused-ring (bicyclic) bond motifs is 8. The van der Waals surface area contributed by atoms with Crippen LogP contribution in [0.1, 0.15) is 55.9 Å². The highest BCUT2D eigenvalue weighted by atomic mass is 19.1. The summed E-state index contributed by atoms with van der Waals surface area (Å²) in [5.74, 6) is -1.60. The van der Waals surface area contributed by atoms with E-state index in [1.807, 2.05) is 30.3 Å². The summed E-state index contributed by atoms with van der Waals surface area (Å²) in [6.07, 6.45) is -0.634. The molecule has 4 aromatic rings. The van der Waals surface area contributed by atoms with Crippen molar-refractivity contribution in [1.29, 1.82) is 0 Å². The Morgan fingerprint density at radius 3 is 2.24 bits per heavy atom. The summed E-state index contributed by atoms with van der Waals surface area (Å²) in [6, 6.07) is 21.4. The van der Waals surface area contributed by atoms with E-state index >= 15 is 0 Å². The molecule has 2 bridgehead atoms. The summed E-state index contributed by atoms with van der Waals surface area (Å²) >= 11 is 0. The van der Waals surface area contributed by atoms with Gasteiger partial charge in [-0.1, -0.05) is 47.6 Å². The Morgan fingerprint density at radius 1 is 0.842 bits per heavy atom. The molecule has 2 aliphatic heterocycles. The molecule has 1 amide bonds. The number of nitrogens with one attached hydrogen (secondary N) is 2. The van der Waals surface area contributed by atoms with E-state index in [2.05, 4.69) is 10.5 Å². The van der Waals surface area contributed by atoms with Crippen LogP contribution in [0.4, 0.5) is 8.78 Å². The fourth-order valence-electron chi connectivity index (χ4n) is 5.09. The molecule has 0 saturated carbocycles. The van der Waals surface area contributed by atoms with Crippen LogP contribution in [0.25, 0.3) is 11.1 Å². The second-order valence-electron chi connectivity index (χ2n) is 9.15. The molecule has 0 aliphatic carbocycles. The third-order valence-corrected chi connectivity index (χ3v) is 6.97. The Kier molecular flexibility index (Phi) is 5.86. The maximum absolute atomic E-state index is 14.4. The quantitative estimate of drug-likeness (QED) is 0.127. The largest absolute Gasteiger partial charge is 0.409 e. The molecular formula is C29H21F2N3O4. The van der Waals surface area contributed by atoms with Gasteiger partial charge in [-0.15, -0.1) is 0 Å². The highest BCUT2D eigenvalue weighted by Gasteiger charge is 2.43. The van der Waals surface area contributed by atoms with Crippen LogP contribution in [-0.4, -0.2) is 22.2 Å². The topological polar surface area (TPSA) is 103 Å². The minimum Gasteiger partial charge on any atom is -0.409 e. The van der Waals surface area contributed by atoms with E-state index in [-0.39, 0.29) is 30.5 Å². The zero-order chi connectivity index (χ0) is 26.4. The van der Waals surface area contributed by atoms with Crippen molar-refractivity contribution in [3.05, 3.63) is 129 Å². The Labute approximate surface area is 216 Å². The third-order valence-electron chi connectivity index (χ3n) is 6.97. The molecular weight excluding hydrogens is 492 g/mol. The number of hydrogen-bond acceptors (Lipinski definition) is 5. The Balaban J connectivity index is 1.20. The average molecular weight is 514 g/mol. The van der Waals surface area contributed by atoms with Crippen molar-refractivity contribution in [3.63, 3.8) is 0 Å². The SMILES string of the molecule is O=C(NCc1ccc(C(=NO)NO)cc1)c1ccc2c(c1)[C@@H]1O[C@H]2c2ccc(-c3ccc(F)cc3F)cc21. The summed E-state index contributed by atoms with van der Waals surface area (Å²) in [4.78, 5) is 12.9. The number of ether oxygens (including phenoxy) is 1. The average Bonchev–Trinajstić information content (AvgIpc) is 3.50. The number of hydroxylamine groups is 1. The molecule has 38 heavy (non-hydrogen) atoms. The molecule has 4 N–H and O–H groups in total. The highest BCUT2D eigenvalue weighted by molar-refractivity contribution is 5.97. The maximum atomic E-state index is 14.4. The Morgan fingerprint density at radius 2 is 1.53 bits per heavy atom. The summed E-state index contributed by atoms with van der Waals surface area (Å²) < 4.78 is 34.0. The predicted octanol–water partition coefficient (Wildman–Crippen LogP) is 5.20. The number of benzene rings is 4. The molecule has 2 atom stereocenters. The molecule has 7 nitrogen and oxygen atoms in total. The fraction of sp³-hybridized carbons (Fsp3) is 0.103. The van der Waals surface area contributed by atoms with E-state index in [0.29, 0.717) is 22.3 Å². The molecule has 9 heteroatoms. The van der Waals surface area contributed by atoms with Gasteiger partial charge >= 0.3 is 0 Å². The second-order valence-corrected chi connectivity index (χ2v) is 9.15. The summed E-state index contributed by atoms with van der Waals surface area (Å²) in [5, 5.41) is 23.7. The fourth-order valence-corrected chi connectivity index (χ4v) is 5.09. The molecule has 0 unspecified atom stereocenters. The van der Waals surface area contributed by atoms with Gasteiger partial charge in [-0.3, -0.25) is 10.0 Å². The van der Waals surface area contributed by atoms with Crippen LogP contribution in [0, 0.1) is 11.6 Å². The van der Waals surface area contributed by atoms with Gasteiger partial charge in [-0.2, -0.15) is 0 Å². The van der Waals surface area contributed by atoms with E-state index in [1.54, 1.807) is 35.8 Å². The van der Waals surface area contributed by atoms with Crippen LogP contribution >= 0.6 is 0 Å². The molecule has 0 radical (unpaired) electrons. The Hall–Kier alpha value is -4.60. The van der Waals surface area contributed by atoms with E-state index in [4.69, 9.17) is 15.2 Å². The third kappa shape index (κ3) is 3.98. The lowest BCUT2D eigenvalue weighted by atomic mass is 9.83. The first-order valence-corrected chi connectivity index (χ1v) is 11.8. The van der Waals surface area contributed by atoms with E-state index in [9.17, 15) is 13.6 Å². The highest BCUT2D eigenvalue weighted by Crippen LogP contribution is 2.54. The lowest BCUT2D eigenvalue weighted by Gasteiger charge is -2.18. The van der Waals surface area contributed by atoms with Gasteiger partial charge < -0.3 is 15.3 Å². The minimum atomic E-state index is -0.630. The number of oxime groups is 1. The minimum absolute atomic E-state index is 0.0910. The molecule has 6 rings (SSSR count). The van der Waals surface area contributed by atoms with E-state index in [0.717, 1.165) is 33.9 Å². The van der Waals surface area contributed by atoms with Crippen LogP contribution in [0.3, 0.4) is 0 Å².